The highest BCUT2D eigenvalue weighted by Gasteiger charge is 2.47. The number of alkyl halides is 2. The Bertz CT molecular complexity index is 934. The maximum absolute atomic E-state index is 14.8. The molecule has 6 nitrogen and oxygen atoms in total. The van der Waals surface area contributed by atoms with E-state index in [-0.39, 0.29) is 31.5 Å². The quantitative estimate of drug-likeness (QED) is 0.816. The number of carbonyl (C=O) groups is 2. The second-order valence-electron chi connectivity index (χ2n) is 7.24. The average Bonchev–Trinajstić information content (AvgIpc) is 3.07. The summed E-state index contributed by atoms with van der Waals surface area (Å²) in [5, 5.41) is 12.0. The summed E-state index contributed by atoms with van der Waals surface area (Å²) in [6.45, 7) is 1.64. The lowest BCUT2D eigenvalue weighted by molar-refractivity contribution is -0.162. The van der Waals surface area contributed by atoms with Gasteiger partial charge < -0.3 is 19.9 Å². The van der Waals surface area contributed by atoms with Gasteiger partial charge in [-0.25, -0.2) is 4.39 Å². The van der Waals surface area contributed by atoms with Crippen molar-refractivity contribution in [3.05, 3.63) is 53.1 Å². The van der Waals surface area contributed by atoms with Gasteiger partial charge in [-0.2, -0.15) is 8.78 Å². The van der Waals surface area contributed by atoms with Crippen LogP contribution in [0.2, 0.25) is 0 Å². The van der Waals surface area contributed by atoms with Crippen LogP contribution in [0, 0.1) is 12.7 Å². The molecule has 1 aromatic heterocycles. The summed E-state index contributed by atoms with van der Waals surface area (Å²) in [6.07, 6.45) is 1.12. The number of aliphatic hydroxyl groups is 1. The molecule has 1 aliphatic heterocycles. The number of nitrogens with one attached hydrogen (secondary N) is 1. The predicted molar refractivity (Wildman–Crippen MR) is 100 cm³/mol. The molecule has 0 atom stereocenters. The van der Waals surface area contributed by atoms with Crippen LogP contribution in [0.3, 0.4) is 0 Å². The number of amides is 2. The largest absolute Gasteiger partial charge is 0.393 e. The number of hydrogen-bond acceptors (Lipinski definition) is 3. The molecular formula is C20H22F3N3O3. The van der Waals surface area contributed by atoms with E-state index in [0.717, 1.165) is 15.5 Å². The normalized spacial score (nSPS) is 15.4. The first-order valence-corrected chi connectivity index (χ1v) is 9.19. The minimum Gasteiger partial charge on any atom is -0.393 e. The zero-order valence-electron chi connectivity index (χ0n) is 16.1. The van der Waals surface area contributed by atoms with Crippen molar-refractivity contribution in [3.63, 3.8) is 0 Å². The number of piperidine rings is 1. The van der Waals surface area contributed by atoms with E-state index in [1.165, 1.54) is 38.4 Å². The highest BCUT2D eigenvalue weighted by molar-refractivity contribution is 6.04. The van der Waals surface area contributed by atoms with Crippen LogP contribution < -0.4 is 5.32 Å². The maximum atomic E-state index is 14.8. The fourth-order valence-corrected chi connectivity index (χ4v) is 3.30. The Hall–Kier alpha value is -2.81. The van der Waals surface area contributed by atoms with E-state index in [0.29, 0.717) is 11.3 Å². The molecule has 0 radical (unpaired) electrons. The molecule has 2 amide bonds. The van der Waals surface area contributed by atoms with E-state index < -0.39 is 35.4 Å². The Morgan fingerprint density at radius 2 is 1.86 bits per heavy atom. The third-order valence-corrected chi connectivity index (χ3v) is 5.02. The monoisotopic (exact) mass is 409 g/mol. The smallest absolute Gasteiger partial charge is 0.364 e. The molecule has 9 heteroatoms. The second-order valence-corrected chi connectivity index (χ2v) is 7.24. The summed E-state index contributed by atoms with van der Waals surface area (Å²) < 4.78 is 44.1. The topological polar surface area (TPSA) is 74.6 Å². The lowest BCUT2D eigenvalue weighted by Gasteiger charge is -2.32. The lowest BCUT2D eigenvalue weighted by Crippen LogP contribution is -2.47. The number of aliphatic hydroxyl groups excluding tert-OH is 1. The van der Waals surface area contributed by atoms with Gasteiger partial charge in [0.25, 0.3) is 11.8 Å². The van der Waals surface area contributed by atoms with Crippen LogP contribution in [0.5, 0.6) is 0 Å². The fraction of sp³-hybridized carbons (Fsp3) is 0.400. The summed E-state index contributed by atoms with van der Waals surface area (Å²) in [5.41, 5.74) is 0.00872. The highest BCUT2D eigenvalue weighted by Crippen LogP contribution is 2.32. The Kier molecular flexibility index (Phi) is 5.70. The van der Waals surface area contributed by atoms with E-state index in [2.05, 4.69) is 5.32 Å². The van der Waals surface area contributed by atoms with Gasteiger partial charge in [-0.1, -0.05) is 0 Å². The molecule has 29 heavy (non-hydrogen) atoms. The third-order valence-electron chi connectivity index (χ3n) is 5.02. The van der Waals surface area contributed by atoms with Crippen molar-refractivity contribution in [2.24, 2.45) is 7.05 Å². The van der Waals surface area contributed by atoms with Crippen molar-refractivity contribution in [3.8, 4) is 0 Å². The lowest BCUT2D eigenvalue weighted by atomic mass is 10.1. The molecule has 156 valence electrons. The first kappa shape index (κ1) is 20.9. The zero-order chi connectivity index (χ0) is 21.3. The molecule has 1 fully saturated rings. The first-order chi connectivity index (χ1) is 13.6. The first-order valence-electron chi connectivity index (χ1n) is 9.19. The molecule has 2 N–H and O–H groups in total. The number of aromatic nitrogens is 1. The number of hydrogen-bond donors (Lipinski definition) is 2. The number of aryl methyl sites for hydroxylation is 2. The number of carbonyl (C=O) groups excluding carboxylic acids is 2. The molecule has 0 unspecified atom stereocenters. The summed E-state index contributed by atoms with van der Waals surface area (Å²) >= 11 is 0. The van der Waals surface area contributed by atoms with E-state index in [9.17, 15) is 27.9 Å². The van der Waals surface area contributed by atoms with E-state index in [1.54, 1.807) is 0 Å². The molecule has 0 bridgehead atoms. The number of halogens is 3. The van der Waals surface area contributed by atoms with Crippen LogP contribution in [0.1, 0.15) is 34.5 Å². The van der Waals surface area contributed by atoms with Gasteiger partial charge in [0.1, 0.15) is 5.82 Å². The average molecular weight is 409 g/mol. The van der Waals surface area contributed by atoms with Crippen molar-refractivity contribution in [1.82, 2.24) is 9.47 Å². The van der Waals surface area contributed by atoms with Gasteiger partial charge in [-0.3, -0.25) is 9.59 Å². The van der Waals surface area contributed by atoms with E-state index >= 15 is 0 Å². The summed E-state index contributed by atoms with van der Waals surface area (Å²) in [5.74, 6) is -6.25. The number of anilines is 1. The van der Waals surface area contributed by atoms with Crippen LogP contribution in [-0.4, -0.2) is 45.6 Å². The molecule has 1 aliphatic rings. The van der Waals surface area contributed by atoms with Crippen molar-refractivity contribution < 1.29 is 27.9 Å². The van der Waals surface area contributed by atoms with Crippen molar-refractivity contribution in [1.29, 1.82) is 0 Å². The summed E-state index contributed by atoms with van der Waals surface area (Å²) in [6, 6.07) is 4.97. The Morgan fingerprint density at radius 1 is 1.21 bits per heavy atom. The SMILES string of the molecule is Cc1cc(NC(=O)c2cc(C(F)(F)C(=O)N3CCC(O)CC3)n(C)c2)ccc1F. The second kappa shape index (κ2) is 7.90. The van der Waals surface area contributed by atoms with Crippen LogP contribution in [-0.2, 0) is 17.8 Å². The standard InChI is InChI=1S/C20H22F3N3O3/c1-12-9-14(3-4-16(12)21)24-18(28)13-10-17(25(2)11-13)20(22,23)19(29)26-7-5-15(27)6-8-26/h3-4,9-11,15,27H,5-8H2,1-2H3,(H,24,28). The molecule has 0 aliphatic carbocycles. The highest BCUT2D eigenvalue weighted by atomic mass is 19.3. The summed E-state index contributed by atoms with van der Waals surface area (Å²) in [7, 11) is 1.33. The Balaban J connectivity index is 1.78. The van der Waals surface area contributed by atoms with E-state index in [4.69, 9.17) is 0 Å². The van der Waals surface area contributed by atoms with Gasteiger partial charge in [-0.15, -0.1) is 0 Å². The van der Waals surface area contributed by atoms with Crippen molar-refractivity contribution in [2.45, 2.75) is 31.8 Å². The molecule has 1 saturated heterocycles. The van der Waals surface area contributed by atoms with Gasteiger partial charge >= 0.3 is 5.92 Å². The molecule has 1 aromatic carbocycles. The molecular weight excluding hydrogens is 387 g/mol. The van der Waals surface area contributed by atoms with E-state index in [1.807, 2.05) is 0 Å². The minimum absolute atomic E-state index is 0.0500. The van der Waals surface area contributed by atoms with Gasteiger partial charge in [0.2, 0.25) is 0 Å². The van der Waals surface area contributed by atoms with Crippen molar-refractivity contribution in [2.75, 3.05) is 18.4 Å². The van der Waals surface area contributed by atoms with Crippen LogP contribution in [0.15, 0.2) is 30.5 Å². The van der Waals surface area contributed by atoms with Crippen LogP contribution in [0.4, 0.5) is 18.9 Å². The van der Waals surface area contributed by atoms with Crippen LogP contribution in [0.25, 0.3) is 0 Å². The van der Waals surface area contributed by atoms with Gasteiger partial charge in [0.05, 0.1) is 17.4 Å². The van der Waals surface area contributed by atoms with Gasteiger partial charge in [-0.05, 0) is 49.6 Å². The van der Waals surface area contributed by atoms with Crippen LogP contribution >= 0.6 is 0 Å². The fourth-order valence-electron chi connectivity index (χ4n) is 3.30. The number of nitrogens with zero attached hydrogens (tertiary/aromatic N) is 2. The molecule has 3 rings (SSSR count). The van der Waals surface area contributed by atoms with Crippen molar-refractivity contribution >= 4 is 17.5 Å². The third kappa shape index (κ3) is 4.29. The Morgan fingerprint density at radius 3 is 2.48 bits per heavy atom. The molecule has 0 saturated carbocycles. The number of likely N-dealkylation sites (tertiary alicyclic amines) is 1. The minimum atomic E-state index is -3.82. The molecule has 0 spiro atoms. The zero-order valence-corrected chi connectivity index (χ0v) is 16.1. The summed E-state index contributed by atoms with van der Waals surface area (Å²) in [4.78, 5) is 25.8. The number of rotatable bonds is 4. The molecule has 2 aromatic rings. The van der Waals surface area contributed by atoms with Gasteiger partial charge in [0.15, 0.2) is 0 Å². The van der Waals surface area contributed by atoms with Gasteiger partial charge in [0, 0.05) is 32.0 Å². The Labute approximate surface area is 165 Å². The predicted octanol–water partition coefficient (Wildman–Crippen LogP) is 2.80. The molecule has 2 heterocycles. The number of benzene rings is 1. The maximum Gasteiger partial charge on any atom is 0.364 e.